The Morgan fingerprint density at radius 3 is 2.42 bits per heavy atom. The lowest BCUT2D eigenvalue weighted by Gasteiger charge is -2.28. The molecule has 210 valence electrons. The van der Waals surface area contributed by atoms with E-state index in [1.54, 1.807) is 37.4 Å². The van der Waals surface area contributed by atoms with Gasteiger partial charge in [0, 0.05) is 31.2 Å². The van der Waals surface area contributed by atoms with E-state index in [0.717, 1.165) is 10.4 Å². The van der Waals surface area contributed by atoms with Crippen molar-refractivity contribution in [2.45, 2.75) is 33.2 Å². The Hall–Kier alpha value is -3.31. The summed E-state index contributed by atoms with van der Waals surface area (Å²) >= 11 is 1.57. The average Bonchev–Trinajstić information content (AvgIpc) is 3.44. The molecule has 0 unspecified atom stereocenters. The highest BCUT2D eigenvalue weighted by Gasteiger charge is 2.22. The summed E-state index contributed by atoms with van der Waals surface area (Å²) in [4.78, 5) is 42.3. The minimum atomic E-state index is -0.532. The van der Waals surface area contributed by atoms with Gasteiger partial charge in [0.15, 0.2) is 11.5 Å². The van der Waals surface area contributed by atoms with Crippen molar-refractivity contribution in [3.8, 4) is 11.5 Å². The maximum atomic E-state index is 13.5. The van der Waals surface area contributed by atoms with Crippen LogP contribution in [-0.2, 0) is 32.0 Å². The number of amides is 3. The zero-order chi connectivity index (χ0) is 27.8. The normalized spacial score (nSPS) is 10.5. The van der Waals surface area contributed by atoms with E-state index >= 15 is 0 Å². The van der Waals surface area contributed by atoms with Gasteiger partial charge in [0.05, 0.1) is 27.4 Å². The molecule has 0 saturated heterocycles. The smallest absolute Gasteiger partial charge is 0.325 e. The highest BCUT2D eigenvalue weighted by atomic mass is 32.1. The largest absolute Gasteiger partial charge is 0.493 e. The number of hydrogen-bond acceptors (Lipinski definition) is 8. The van der Waals surface area contributed by atoms with Crippen LogP contribution in [0.2, 0.25) is 0 Å². The number of hydrogen-bond donors (Lipinski definition) is 1. The maximum Gasteiger partial charge on any atom is 0.325 e. The van der Waals surface area contributed by atoms with Gasteiger partial charge in [-0.05, 0) is 55.8 Å². The lowest BCUT2D eigenvalue weighted by Crippen LogP contribution is -2.48. The molecule has 1 aromatic heterocycles. The van der Waals surface area contributed by atoms with E-state index in [2.05, 4.69) is 5.32 Å². The molecule has 38 heavy (non-hydrogen) atoms. The molecule has 0 aliphatic heterocycles. The summed E-state index contributed by atoms with van der Waals surface area (Å²) in [6.45, 7) is 5.65. The molecule has 11 heteroatoms. The van der Waals surface area contributed by atoms with Crippen molar-refractivity contribution >= 4 is 29.2 Å². The summed E-state index contributed by atoms with van der Waals surface area (Å²) in [7, 11) is 3.17. The van der Waals surface area contributed by atoms with Crippen LogP contribution < -0.4 is 14.8 Å². The van der Waals surface area contributed by atoms with Crippen molar-refractivity contribution in [2.24, 2.45) is 0 Å². The van der Waals surface area contributed by atoms with Gasteiger partial charge in [-0.2, -0.15) is 0 Å². The monoisotopic (exact) mass is 549 g/mol. The minimum absolute atomic E-state index is 0.127. The standard InChI is InChI=1S/C27H39N3O7S/c1-5-36-15-8-13-30(27(33)28-18-26(32)37-6-2)20-25(31)29(19-22-9-7-16-38-22)14-12-21-10-11-23(34-3)24(17-21)35-4/h7,9-11,16-17H,5-6,8,12-15,18-20H2,1-4H3,(H,28,33). The fraction of sp³-hybridized carbons (Fsp3) is 0.519. The fourth-order valence-electron chi connectivity index (χ4n) is 3.67. The van der Waals surface area contributed by atoms with Gasteiger partial charge in [-0.25, -0.2) is 4.79 Å². The van der Waals surface area contributed by atoms with Crippen molar-refractivity contribution in [3.05, 3.63) is 46.2 Å². The third-order valence-electron chi connectivity index (χ3n) is 5.62. The Balaban J connectivity index is 2.12. The molecule has 0 atom stereocenters. The molecule has 1 heterocycles. The highest BCUT2D eigenvalue weighted by molar-refractivity contribution is 7.09. The molecule has 2 rings (SSSR count). The number of carbonyl (C=O) groups excluding carboxylic acids is 3. The molecular weight excluding hydrogens is 510 g/mol. The molecule has 3 amide bonds. The number of urea groups is 1. The number of ether oxygens (including phenoxy) is 4. The Kier molecular flexibility index (Phi) is 14.0. The van der Waals surface area contributed by atoms with Gasteiger partial charge >= 0.3 is 12.0 Å². The van der Waals surface area contributed by atoms with Crippen molar-refractivity contribution in [1.29, 1.82) is 0 Å². The van der Waals surface area contributed by atoms with Gasteiger partial charge in [0.1, 0.15) is 13.1 Å². The second-order valence-electron chi connectivity index (χ2n) is 8.27. The Labute approximate surface area is 228 Å². The van der Waals surface area contributed by atoms with E-state index < -0.39 is 12.0 Å². The van der Waals surface area contributed by atoms with E-state index in [4.69, 9.17) is 18.9 Å². The number of nitrogens with one attached hydrogen (secondary N) is 1. The molecule has 0 fully saturated rings. The Morgan fingerprint density at radius 2 is 1.76 bits per heavy atom. The molecule has 10 nitrogen and oxygen atoms in total. The topological polar surface area (TPSA) is 107 Å². The summed E-state index contributed by atoms with van der Waals surface area (Å²) in [5.74, 6) is 0.538. The van der Waals surface area contributed by atoms with Crippen molar-refractivity contribution in [1.82, 2.24) is 15.1 Å². The predicted molar refractivity (Wildman–Crippen MR) is 146 cm³/mol. The van der Waals surface area contributed by atoms with Gasteiger partial charge in [-0.1, -0.05) is 12.1 Å². The molecule has 1 aromatic carbocycles. The average molecular weight is 550 g/mol. The van der Waals surface area contributed by atoms with Crippen LogP contribution in [0, 0.1) is 0 Å². The van der Waals surface area contributed by atoms with Crippen LogP contribution in [0.5, 0.6) is 11.5 Å². The number of esters is 1. The van der Waals surface area contributed by atoms with Gasteiger partial charge in [-0.15, -0.1) is 11.3 Å². The zero-order valence-corrected chi connectivity index (χ0v) is 23.5. The van der Waals surface area contributed by atoms with Gasteiger partial charge in [0.2, 0.25) is 5.91 Å². The molecule has 0 aliphatic rings. The molecule has 0 aliphatic carbocycles. The van der Waals surface area contributed by atoms with E-state index in [1.165, 1.54) is 4.90 Å². The molecule has 1 N–H and O–H groups in total. The highest BCUT2D eigenvalue weighted by Crippen LogP contribution is 2.28. The third kappa shape index (κ3) is 10.6. The van der Waals surface area contributed by atoms with Crippen LogP contribution in [0.1, 0.15) is 30.7 Å². The van der Waals surface area contributed by atoms with Crippen molar-refractivity contribution in [2.75, 3.05) is 60.2 Å². The first kappa shape index (κ1) is 30.9. The van der Waals surface area contributed by atoms with E-state index in [1.807, 2.05) is 42.6 Å². The number of carbonyl (C=O) groups is 3. The predicted octanol–water partition coefficient (Wildman–Crippen LogP) is 3.34. The summed E-state index contributed by atoms with van der Waals surface area (Å²) in [5.41, 5.74) is 0.993. The number of rotatable bonds is 17. The van der Waals surface area contributed by atoms with E-state index in [-0.39, 0.29) is 25.6 Å². The number of methoxy groups -OCH3 is 2. The van der Waals surface area contributed by atoms with Crippen LogP contribution in [0.15, 0.2) is 35.7 Å². The SMILES string of the molecule is CCOCCCN(CC(=O)N(CCc1ccc(OC)c(OC)c1)Cc1cccs1)C(=O)NCC(=O)OCC. The van der Waals surface area contributed by atoms with Crippen LogP contribution in [0.4, 0.5) is 4.79 Å². The molecule has 0 bridgehead atoms. The number of benzene rings is 1. The fourth-order valence-corrected chi connectivity index (χ4v) is 4.39. The van der Waals surface area contributed by atoms with E-state index in [0.29, 0.717) is 57.2 Å². The molecule has 0 radical (unpaired) electrons. The minimum Gasteiger partial charge on any atom is -0.493 e. The quantitative estimate of drug-likeness (QED) is 0.238. The summed E-state index contributed by atoms with van der Waals surface area (Å²) in [6, 6.07) is 9.10. The van der Waals surface area contributed by atoms with Crippen LogP contribution in [0.3, 0.4) is 0 Å². The van der Waals surface area contributed by atoms with Crippen LogP contribution in [0.25, 0.3) is 0 Å². The second kappa shape index (κ2) is 17.2. The molecular formula is C27H39N3O7S. The first-order chi connectivity index (χ1) is 18.4. The lowest BCUT2D eigenvalue weighted by atomic mass is 10.1. The van der Waals surface area contributed by atoms with Gasteiger partial charge in [0.25, 0.3) is 0 Å². The molecule has 0 spiro atoms. The molecule has 2 aromatic rings. The Bertz CT molecular complexity index is 1000. The third-order valence-corrected chi connectivity index (χ3v) is 6.48. The summed E-state index contributed by atoms with van der Waals surface area (Å²) in [5, 5.41) is 4.52. The Morgan fingerprint density at radius 1 is 0.974 bits per heavy atom. The lowest BCUT2D eigenvalue weighted by molar-refractivity contribution is -0.141. The summed E-state index contributed by atoms with van der Waals surface area (Å²) in [6.07, 6.45) is 1.15. The van der Waals surface area contributed by atoms with Crippen molar-refractivity contribution in [3.63, 3.8) is 0 Å². The van der Waals surface area contributed by atoms with Crippen LogP contribution >= 0.6 is 11.3 Å². The number of thiophene rings is 1. The first-order valence-electron chi connectivity index (χ1n) is 12.7. The second-order valence-corrected chi connectivity index (χ2v) is 9.30. The molecule has 0 saturated carbocycles. The summed E-state index contributed by atoms with van der Waals surface area (Å²) < 4.78 is 21.0. The van der Waals surface area contributed by atoms with Crippen LogP contribution in [-0.4, -0.2) is 87.9 Å². The number of nitrogens with zero attached hydrogens (tertiary/aromatic N) is 2. The van der Waals surface area contributed by atoms with Gasteiger partial charge < -0.3 is 34.1 Å². The maximum absolute atomic E-state index is 13.5. The first-order valence-corrected chi connectivity index (χ1v) is 13.6. The van der Waals surface area contributed by atoms with Crippen molar-refractivity contribution < 1.29 is 33.3 Å². The van der Waals surface area contributed by atoms with E-state index in [9.17, 15) is 14.4 Å². The van der Waals surface area contributed by atoms with Gasteiger partial charge in [-0.3, -0.25) is 9.59 Å². The zero-order valence-electron chi connectivity index (χ0n) is 22.7.